The number of aryl methyl sites for hydroxylation is 2. The summed E-state index contributed by atoms with van der Waals surface area (Å²) in [7, 11) is 1.62. The predicted molar refractivity (Wildman–Crippen MR) is 136 cm³/mol. The molecule has 0 radical (unpaired) electrons. The first-order valence-corrected chi connectivity index (χ1v) is 11.0. The van der Waals surface area contributed by atoms with E-state index in [1.807, 2.05) is 92.7 Å². The molecule has 3 N–H and O–H groups in total. The van der Waals surface area contributed by atoms with E-state index in [9.17, 15) is 4.79 Å². The van der Waals surface area contributed by atoms with Crippen LogP contribution in [0.3, 0.4) is 0 Å². The molecule has 1 aromatic heterocycles. The molecule has 0 bridgehead atoms. The van der Waals surface area contributed by atoms with E-state index in [0.29, 0.717) is 18.2 Å². The summed E-state index contributed by atoms with van der Waals surface area (Å²) >= 11 is 0. The molecule has 1 amide bonds. The smallest absolute Gasteiger partial charge is 0.229 e. The monoisotopic (exact) mass is 453 g/mol. The van der Waals surface area contributed by atoms with Crippen LogP contribution in [0.2, 0.25) is 0 Å². The van der Waals surface area contributed by atoms with E-state index in [1.165, 1.54) is 5.56 Å². The highest BCUT2D eigenvalue weighted by atomic mass is 16.5. The first kappa shape index (κ1) is 22.8. The zero-order valence-corrected chi connectivity index (χ0v) is 19.4. The molecular weight excluding hydrogens is 426 g/mol. The fraction of sp³-hybridized carbons (Fsp3) is 0.148. The van der Waals surface area contributed by atoms with Gasteiger partial charge < -0.3 is 20.7 Å². The first-order valence-electron chi connectivity index (χ1n) is 11.0. The number of ether oxygens (including phenoxy) is 1. The number of methoxy groups -OCH3 is 1. The van der Waals surface area contributed by atoms with Crippen molar-refractivity contribution in [1.29, 1.82) is 0 Å². The van der Waals surface area contributed by atoms with E-state index in [0.717, 1.165) is 34.1 Å². The second-order valence-electron chi connectivity index (χ2n) is 7.98. The molecule has 0 aliphatic rings. The molecule has 0 saturated heterocycles. The number of benzene rings is 3. The van der Waals surface area contributed by atoms with Gasteiger partial charge in [0, 0.05) is 28.8 Å². The first-order chi connectivity index (χ1) is 16.5. The molecular formula is C27H27N5O2. The number of amides is 1. The van der Waals surface area contributed by atoms with E-state index in [4.69, 9.17) is 4.74 Å². The van der Waals surface area contributed by atoms with E-state index >= 15 is 0 Å². The number of anilines is 5. The van der Waals surface area contributed by atoms with Gasteiger partial charge in [0.25, 0.3) is 0 Å². The van der Waals surface area contributed by atoms with Gasteiger partial charge in [-0.3, -0.25) is 4.79 Å². The van der Waals surface area contributed by atoms with Crippen molar-refractivity contribution in [3.63, 3.8) is 0 Å². The number of rotatable bonds is 8. The zero-order chi connectivity index (χ0) is 23.9. The summed E-state index contributed by atoms with van der Waals surface area (Å²) in [5, 5.41) is 9.46. The van der Waals surface area contributed by atoms with Gasteiger partial charge in [-0.05, 0) is 67.9 Å². The van der Waals surface area contributed by atoms with Crippen molar-refractivity contribution >= 4 is 34.7 Å². The number of hydrogen-bond acceptors (Lipinski definition) is 6. The van der Waals surface area contributed by atoms with Crippen molar-refractivity contribution in [3.05, 3.63) is 95.7 Å². The van der Waals surface area contributed by atoms with Crippen molar-refractivity contribution in [3.8, 4) is 5.75 Å². The predicted octanol–water partition coefficient (Wildman–Crippen LogP) is 5.77. The molecule has 172 valence electrons. The highest BCUT2D eigenvalue weighted by Crippen LogP contribution is 2.21. The Morgan fingerprint density at radius 2 is 1.41 bits per heavy atom. The van der Waals surface area contributed by atoms with Crippen LogP contribution in [0, 0.1) is 13.8 Å². The van der Waals surface area contributed by atoms with Crippen molar-refractivity contribution in [2.24, 2.45) is 0 Å². The SMILES string of the molecule is COc1ccc(CC(=O)Nc2ccc(Nc3cc(C)nc(Nc4ccc(C)cc4)n3)cc2)cc1. The number of carbonyl (C=O) groups is 1. The van der Waals surface area contributed by atoms with Crippen LogP contribution < -0.4 is 20.7 Å². The van der Waals surface area contributed by atoms with Gasteiger partial charge in [0.1, 0.15) is 11.6 Å². The van der Waals surface area contributed by atoms with Crippen LogP contribution in [-0.2, 0) is 11.2 Å². The molecule has 4 aromatic rings. The molecule has 0 atom stereocenters. The number of nitrogens with zero attached hydrogens (tertiary/aromatic N) is 2. The van der Waals surface area contributed by atoms with Crippen LogP contribution in [0.4, 0.5) is 28.8 Å². The summed E-state index contributed by atoms with van der Waals surface area (Å²) < 4.78 is 5.15. The van der Waals surface area contributed by atoms with Gasteiger partial charge in [0.2, 0.25) is 11.9 Å². The Balaban J connectivity index is 1.36. The Morgan fingerprint density at radius 3 is 2.09 bits per heavy atom. The van der Waals surface area contributed by atoms with Crippen LogP contribution in [0.1, 0.15) is 16.8 Å². The van der Waals surface area contributed by atoms with E-state index in [-0.39, 0.29) is 5.91 Å². The van der Waals surface area contributed by atoms with Gasteiger partial charge >= 0.3 is 0 Å². The zero-order valence-electron chi connectivity index (χ0n) is 19.4. The molecule has 7 heteroatoms. The van der Waals surface area contributed by atoms with Gasteiger partial charge in [0.15, 0.2) is 0 Å². The minimum atomic E-state index is -0.0795. The number of hydrogen-bond donors (Lipinski definition) is 3. The lowest BCUT2D eigenvalue weighted by atomic mass is 10.1. The molecule has 0 spiro atoms. The summed E-state index contributed by atoms with van der Waals surface area (Å²) in [5.41, 5.74) is 5.47. The van der Waals surface area contributed by atoms with Crippen LogP contribution in [0.15, 0.2) is 78.9 Å². The number of nitrogens with one attached hydrogen (secondary N) is 3. The van der Waals surface area contributed by atoms with Crippen LogP contribution >= 0.6 is 0 Å². The van der Waals surface area contributed by atoms with Gasteiger partial charge in [-0.1, -0.05) is 29.8 Å². The number of aromatic nitrogens is 2. The third-order valence-corrected chi connectivity index (χ3v) is 5.13. The van der Waals surface area contributed by atoms with Crippen LogP contribution in [-0.4, -0.2) is 23.0 Å². The second-order valence-corrected chi connectivity index (χ2v) is 7.98. The average Bonchev–Trinajstić information content (AvgIpc) is 2.82. The molecule has 0 unspecified atom stereocenters. The Bertz CT molecular complexity index is 1250. The minimum absolute atomic E-state index is 0.0795. The Kier molecular flexibility index (Phi) is 7.03. The molecule has 0 fully saturated rings. The molecule has 0 saturated carbocycles. The lowest BCUT2D eigenvalue weighted by Crippen LogP contribution is -2.14. The quantitative estimate of drug-likeness (QED) is 0.314. The van der Waals surface area contributed by atoms with E-state index < -0.39 is 0 Å². The average molecular weight is 454 g/mol. The summed E-state index contributed by atoms with van der Waals surface area (Å²) in [4.78, 5) is 21.4. The minimum Gasteiger partial charge on any atom is -0.497 e. The standard InChI is InChI=1S/C27H27N5O2/c1-18-4-8-23(9-5-18)31-27-28-19(2)16-25(32-27)29-21-10-12-22(13-11-21)30-26(33)17-20-6-14-24(34-3)15-7-20/h4-16H,17H2,1-3H3,(H,30,33)(H2,28,29,31,32). The van der Waals surface area contributed by atoms with Crippen molar-refractivity contribution in [1.82, 2.24) is 9.97 Å². The molecule has 7 nitrogen and oxygen atoms in total. The third kappa shape index (κ3) is 6.32. The number of carbonyl (C=O) groups excluding carboxylic acids is 1. The molecule has 34 heavy (non-hydrogen) atoms. The van der Waals surface area contributed by atoms with Gasteiger partial charge in [-0.15, -0.1) is 0 Å². The Hall–Kier alpha value is -4.39. The Morgan fingerprint density at radius 1 is 0.794 bits per heavy atom. The highest BCUT2D eigenvalue weighted by Gasteiger charge is 2.07. The summed E-state index contributed by atoms with van der Waals surface area (Å²) in [5.74, 6) is 1.89. The fourth-order valence-electron chi connectivity index (χ4n) is 3.37. The topological polar surface area (TPSA) is 88.2 Å². The summed E-state index contributed by atoms with van der Waals surface area (Å²) in [6.45, 7) is 3.97. The van der Waals surface area contributed by atoms with E-state index in [2.05, 4.69) is 25.9 Å². The van der Waals surface area contributed by atoms with Crippen molar-refractivity contribution in [2.75, 3.05) is 23.1 Å². The van der Waals surface area contributed by atoms with Crippen molar-refractivity contribution < 1.29 is 9.53 Å². The Labute approximate surface area is 199 Å². The summed E-state index contributed by atoms with van der Waals surface area (Å²) in [6.07, 6.45) is 0.293. The van der Waals surface area contributed by atoms with Gasteiger partial charge in [-0.25, -0.2) is 4.98 Å². The lowest BCUT2D eigenvalue weighted by molar-refractivity contribution is -0.115. The molecule has 0 aliphatic carbocycles. The molecule has 4 rings (SSSR count). The highest BCUT2D eigenvalue weighted by molar-refractivity contribution is 5.92. The van der Waals surface area contributed by atoms with Crippen molar-refractivity contribution in [2.45, 2.75) is 20.3 Å². The third-order valence-electron chi connectivity index (χ3n) is 5.13. The normalized spacial score (nSPS) is 10.4. The van der Waals surface area contributed by atoms with Crippen LogP contribution in [0.25, 0.3) is 0 Å². The summed E-state index contributed by atoms with van der Waals surface area (Å²) in [6, 6.07) is 24.9. The van der Waals surface area contributed by atoms with Gasteiger partial charge in [-0.2, -0.15) is 4.98 Å². The maximum Gasteiger partial charge on any atom is 0.229 e. The molecule has 0 aliphatic heterocycles. The van der Waals surface area contributed by atoms with Gasteiger partial charge in [0.05, 0.1) is 13.5 Å². The molecule has 3 aromatic carbocycles. The maximum absolute atomic E-state index is 12.4. The van der Waals surface area contributed by atoms with E-state index in [1.54, 1.807) is 7.11 Å². The molecule has 1 heterocycles. The van der Waals surface area contributed by atoms with Crippen LogP contribution in [0.5, 0.6) is 5.75 Å². The largest absolute Gasteiger partial charge is 0.497 e. The maximum atomic E-state index is 12.4. The fourth-order valence-corrected chi connectivity index (χ4v) is 3.37. The lowest BCUT2D eigenvalue weighted by Gasteiger charge is -2.11. The second kappa shape index (κ2) is 10.5.